The highest BCUT2D eigenvalue weighted by molar-refractivity contribution is 5.98. The summed E-state index contributed by atoms with van der Waals surface area (Å²) in [4.78, 5) is 114. The lowest BCUT2D eigenvalue weighted by molar-refractivity contribution is -0.144. The zero-order chi connectivity index (χ0) is 41.4. The Hall–Kier alpha value is -5.75. The second kappa shape index (κ2) is 21.7. The van der Waals surface area contributed by atoms with Gasteiger partial charge in [-0.2, -0.15) is 0 Å². The third-order valence-corrected chi connectivity index (χ3v) is 7.94. The van der Waals surface area contributed by atoms with Gasteiger partial charge in [0.1, 0.15) is 42.0 Å². The molecule has 0 unspecified atom stereocenters. The van der Waals surface area contributed by atoms with Gasteiger partial charge in [0.2, 0.25) is 41.4 Å². The summed E-state index contributed by atoms with van der Waals surface area (Å²) in [6.45, 7) is 11.0. The number of phenols is 1. The number of benzene rings is 1. The maximum absolute atomic E-state index is 13.6. The van der Waals surface area contributed by atoms with Gasteiger partial charge in [-0.15, -0.1) is 0 Å². The fourth-order valence-corrected chi connectivity index (χ4v) is 5.18. The molecule has 0 aliphatic rings. The van der Waals surface area contributed by atoms with Gasteiger partial charge in [-0.05, 0) is 41.9 Å². The van der Waals surface area contributed by atoms with Crippen molar-refractivity contribution in [1.29, 1.82) is 0 Å². The monoisotopic (exact) mass is 763 g/mol. The van der Waals surface area contributed by atoms with E-state index in [4.69, 9.17) is 5.73 Å². The Bertz CT molecular complexity index is 1530. The number of hydrogen-bond donors (Lipinski definition) is 10. The van der Waals surface area contributed by atoms with Gasteiger partial charge in [0.25, 0.3) is 0 Å². The number of phenolic OH excluding ortho intramolecular Hbond substituents is 1. The summed E-state index contributed by atoms with van der Waals surface area (Å²) in [6, 6.07) is -2.75. The summed E-state index contributed by atoms with van der Waals surface area (Å²) in [5.41, 5.74) is 5.91. The Labute approximate surface area is 312 Å². The Kier molecular flexibility index (Phi) is 18.6. The molecule has 0 heterocycles. The number of carbonyl (C=O) groups is 9. The molecule has 54 heavy (non-hydrogen) atoms. The smallest absolute Gasteiger partial charge is 0.326 e. The highest BCUT2D eigenvalue weighted by Gasteiger charge is 2.36. The van der Waals surface area contributed by atoms with E-state index >= 15 is 0 Å². The van der Waals surface area contributed by atoms with Crippen LogP contribution in [0.3, 0.4) is 0 Å². The fraction of sp³-hybridized carbons (Fsp3) is 0.571. The van der Waals surface area contributed by atoms with Gasteiger partial charge in [0.05, 0.1) is 12.8 Å². The van der Waals surface area contributed by atoms with Crippen molar-refractivity contribution >= 4 is 53.3 Å². The molecule has 0 saturated heterocycles. The number of carbonyl (C=O) groups excluding carboxylic acids is 7. The molecular formula is C35H53N7O12. The third-order valence-electron chi connectivity index (χ3n) is 7.94. The molecule has 19 nitrogen and oxygen atoms in total. The largest absolute Gasteiger partial charge is 0.508 e. The molecule has 0 aliphatic carbocycles. The van der Waals surface area contributed by atoms with Crippen molar-refractivity contribution in [2.75, 3.05) is 0 Å². The Morgan fingerprint density at radius 1 is 0.593 bits per heavy atom. The van der Waals surface area contributed by atoms with Crippen molar-refractivity contribution in [2.24, 2.45) is 23.5 Å². The van der Waals surface area contributed by atoms with Crippen molar-refractivity contribution in [3.8, 4) is 5.75 Å². The molecule has 1 aromatic rings. The van der Waals surface area contributed by atoms with Gasteiger partial charge in [0.15, 0.2) is 0 Å². The van der Waals surface area contributed by atoms with Gasteiger partial charge < -0.3 is 53.0 Å². The van der Waals surface area contributed by atoms with E-state index in [0.29, 0.717) is 5.56 Å². The molecule has 19 heteroatoms. The summed E-state index contributed by atoms with van der Waals surface area (Å²) in [7, 11) is 0. The molecular weight excluding hydrogens is 710 g/mol. The number of nitrogens with two attached hydrogens (primary N) is 1. The van der Waals surface area contributed by atoms with E-state index in [1.165, 1.54) is 19.1 Å². The van der Waals surface area contributed by atoms with E-state index in [0.717, 1.165) is 0 Å². The van der Waals surface area contributed by atoms with Crippen molar-refractivity contribution in [2.45, 2.75) is 110 Å². The molecule has 0 fully saturated rings. The first-order valence-corrected chi connectivity index (χ1v) is 17.3. The van der Waals surface area contributed by atoms with Crippen LogP contribution in [0.15, 0.2) is 24.3 Å². The van der Waals surface area contributed by atoms with E-state index in [2.05, 4.69) is 31.9 Å². The summed E-state index contributed by atoms with van der Waals surface area (Å²) in [6.07, 6.45) is -1.77. The van der Waals surface area contributed by atoms with Crippen LogP contribution >= 0.6 is 0 Å². The first-order chi connectivity index (χ1) is 25.0. The number of primary amides is 1. The molecule has 0 radical (unpaired) electrons. The number of carboxylic acid groups (broad SMARTS) is 2. The van der Waals surface area contributed by atoms with E-state index in [-0.39, 0.29) is 24.5 Å². The number of aromatic hydroxyl groups is 1. The summed E-state index contributed by atoms with van der Waals surface area (Å²) in [5, 5.41) is 42.8. The SMILES string of the molecule is CC(=O)N[C@@H](Cc1ccc(O)cc1)C(=O)N[C@H](C(=O)N[C@H](C(=O)N[C@@H](CC(N)=O)C(=O)N[C@@H](CC(=O)O)C(=O)N[C@@H](CC(C)C)C(=O)O)C(C)C)C(C)C. The molecule has 0 saturated carbocycles. The molecule has 6 atom stereocenters. The lowest BCUT2D eigenvalue weighted by Gasteiger charge is -2.29. The molecule has 0 bridgehead atoms. The number of carboxylic acids is 2. The number of amides is 7. The van der Waals surface area contributed by atoms with Gasteiger partial charge >= 0.3 is 11.9 Å². The first-order valence-electron chi connectivity index (χ1n) is 17.3. The van der Waals surface area contributed by atoms with Gasteiger partial charge in [-0.25, -0.2) is 4.79 Å². The normalized spacial score (nSPS) is 14.4. The topological polar surface area (TPSA) is 313 Å². The Balaban J connectivity index is 3.24. The second-order valence-corrected chi connectivity index (χ2v) is 14.0. The molecule has 0 aromatic heterocycles. The molecule has 300 valence electrons. The minimum absolute atomic E-state index is 0.000818. The predicted molar refractivity (Wildman–Crippen MR) is 192 cm³/mol. The number of hydrogen-bond acceptors (Lipinski definition) is 10. The van der Waals surface area contributed by atoms with Crippen LogP contribution in [0.1, 0.15) is 73.3 Å². The van der Waals surface area contributed by atoms with E-state index in [1.807, 2.05) is 0 Å². The second-order valence-electron chi connectivity index (χ2n) is 14.0. The average molecular weight is 764 g/mol. The number of rotatable bonds is 22. The lowest BCUT2D eigenvalue weighted by atomic mass is 9.98. The summed E-state index contributed by atoms with van der Waals surface area (Å²) >= 11 is 0. The molecule has 0 aliphatic heterocycles. The molecule has 11 N–H and O–H groups in total. The van der Waals surface area contributed by atoms with Crippen molar-refractivity contribution in [3.63, 3.8) is 0 Å². The van der Waals surface area contributed by atoms with Crippen LogP contribution in [0.4, 0.5) is 0 Å². The number of aliphatic carboxylic acids is 2. The van der Waals surface area contributed by atoms with Crippen LogP contribution in [0.5, 0.6) is 5.75 Å². The van der Waals surface area contributed by atoms with Crippen molar-refractivity contribution < 1.29 is 58.5 Å². The van der Waals surface area contributed by atoms with Crippen LogP contribution < -0.4 is 37.6 Å². The Morgan fingerprint density at radius 2 is 1.02 bits per heavy atom. The van der Waals surface area contributed by atoms with Crippen LogP contribution in [-0.4, -0.2) is 105 Å². The van der Waals surface area contributed by atoms with Crippen LogP contribution in [0, 0.1) is 17.8 Å². The van der Waals surface area contributed by atoms with Crippen LogP contribution in [0.25, 0.3) is 0 Å². The molecule has 7 amide bonds. The van der Waals surface area contributed by atoms with E-state index < -0.39 is 114 Å². The zero-order valence-corrected chi connectivity index (χ0v) is 31.4. The quantitative estimate of drug-likeness (QED) is 0.0656. The summed E-state index contributed by atoms with van der Waals surface area (Å²) in [5.74, 6) is -10.7. The van der Waals surface area contributed by atoms with E-state index in [9.17, 15) is 58.5 Å². The fourth-order valence-electron chi connectivity index (χ4n) is 5.18. The average Bonchev–Trinajstić information content (AvgIpc) is 3.04. The van der Waals surface area contributed by atoms with Gasteiger partial charge in [0, 0.05) is 13.3 Å². The maximum Gasteiger partial charge on any atom is 0.326 e. The molecule has 1 aromatic carbocycles. The van der Waals surface area contributed by atoms with E-state index in [1.54, 1.807) is 53.7 Å². The standard InChI is InChI=1S/C35H53N7O12/c1-16(2)12-25(35(53)54)40-31(49)24(15-27(46)47)38-30(48)23(14-26(36)45)39-33(51)28(17(3)4)42-34(52)29(18(5)6)41-32(50)22(37-19(7)43)13-20-8-10-21(44)11-9-20/h8-11,16-18,22-25,28-29,44H,12-15H2,1-7H3,(H2,36,45)(H,37,43)(H,38,48)(H,39,51)(H,40,49)(H,41,50)(H,42,52)(H,46,47)(H,53,54)/t22-,23-,24-,25-,28-,29-/m0/s1. The van der Waals surface area contributed by atoms with Gasteiger partial charge in [-0.1, -0.05) is 53.7 Å². The number of nitrogens with one attached hydrogen (secondary N) is 6. The van der Waals surface area contributed by atoms with Crippen LogP contribution in [0.2, 0.25) is 0 Å². The predicted octanol–water partition coefficient (Wildman–Crippen LogP) is -1.34. The molecule has 0 spiro atoms. The first kappa shape index (κ1) is 46.3. The zero-order valence-electron chi connectivity index (χ0n) is 31.4. The lowest BCUT2D eigenvalue weighted by Crippen LogP contribution is -2.61. The molecule has 1 rings (SSSR count). The summed E-state index contributed by atoms with van der Waals surface area (Å²) < 4.78 is 0. The Morgan fingerprint density at radius 3 is 1.44 bits per heavy atom. The minimum atomic E-state index is -1.82. The third kappa shape index (κ3) is 16.3. The highest BCUT2D eigenvalue weighted by atomic mass is 16.4. The van der Waals surface area contributed by atoms with Crippen LogP contribution in [-0.2, 0) is 49.6 Å². The highest BCUT2D eigenvalue weighted by Crippen LogP contribution is 2.13. The van der Waals surface area contributed by atoms with Crippen molar-refractivity contribution in [1.82, 2.24) is 31.9 Å². The maximum atomic E-state index is 13.6. The van der Waals surface area contributed by atoms with Crippen molar-refractivity contribution in [3.05, 3.63) is 29.8 Å². The minimum Gasteiger partial charge on any atom is -0.508 e. The van der Waals surface area contributed by atoms with Gasteiger partial charge in [-0.3, -0.25) is 38.4 Å².